The average molecular weight is 487 g/mol. The van der Waals surface area contributed by atoms with Gasteiger partial charge >= 0.3 is 5.16 Å². The standard InChI is InChI=1S/C24H22N8O2S/c1-12-8-18(25)16-10-14(4-6-19(16)26-12)28-22-30-23(32-24(31-22)35(3)34)29-15-5-7-20-17(11-15)21(33)9-13(2)27-20/h4-11H,1-3H3,(H2,25,26)(H,27,33)(H2,28,29,30,31,32). The van der Waals surface area contributed by atoms with E-state index in [-0.39, 0.29) is 22.8 Å². The van der Waals surface area contributed by atoms with Gasteiger partial charge in [-0.3, -0.25) is 9.97 Å². The van der Waals surface area contributed by atoms with Gasteiger partial charge in [-0.25, -0.2) is 0 Å². The first-order valence-electron chi connectivity index (χ1n) is 10.7. The van der Waals surface area contributed by atoms with Gasteiger partial charge in [-0.2, -0.15) is 4.98 Å². The van der Waals surface area contributed by atoms with E-state index in [9.17, 15) is 9.66 Å². The summed E-state index contributed by atoms with van der Waals surface area (Å²) in [6.07, 6.45) is 1.50. The van der Waals surface area contributed by atoms with E-state index in [1.54, 1.807) is 24.3 Å². The summed E-state index contributed by atoms with van der Waals surface area (Å²) >= 11 is -1.44. The van der Waals surface area contributed by atoms with Crippen LogP contribution in [0.15, 0.2) is 53.7 Å². The third kappa shape index (κ3) is 4.72. The second-order valence-electron chi connectivity index (χ2n) is 8.07. The molecule has 176 valence electrons. The Morgan fingerprint density at radius 2 is 1.31 bits per heavy atom. The van der Waals surface area contributed by atoms with Gasteiger partial charge in [-0.15, -0.1) is 9.97 Å². The van der Waals surface area contributed by atoms with Gasteiger partial charge in [0.25, 0.3) is 0 Å². The minimum Gasteiger partial charge on any atom is -0.609 e. The first-order chi connectivity index (χ1) is 16.7. The molecule has 10 nitrogen and oxygen atoms in total. The van der Waals surface area contributed by atoms with Gasteiger partial charge in [-0.1, -0.05) is 0 Å². The van der Waals surface area contributed by atoms with Gasteiger partial charge in [0, 0.05) is 56.5 Å². The number of nitrogens with zero attached hydrogens (tertiary/aromatic N) is 5. The number of nitrogens with one attached hydrogen (secondary N) is 2. The highest BCUT2D eigenvalue weighted by Crippen LogP contribution is 2.29. The van der Waals surface area contributed by atoms with E-state index in [2.05, 4.69) is 35.6 Å². The third-order valence-corrected chi connectivity index (χ3v) is 5.96. The molecule has 1 unspecified atom stereocenters. The second-order valence-corrected chi connectivity index (χ2v) is 9.34. The van der Waals surface area contributed by atoms with Crippen molar-refractivity contribution in [3.8, 4) is 5.75 Å². The molecule has 1 atom stereocenters. The molecule has 0 amide bonds. The number of nitrogen functional groups attached to an aromatic ring is 1. The molecule has 0 aliphatic carbocycles. The molecule has 0 saturated heterocycles. The van der Waals surface area contributed by atoms with E-state index in [4.69, 9.17) is 5.73 Å². The number of anilines is 5. The Balaban J connectivity index is 1.48. The second kappa shape index (κ2) is 8.85. The molecule has 0 saturated carbocycles. The van der Waals surface area contributed by atoms with Gasteiger partial charge in [0.15, 0.2) is 0 Å². The number of aryl methyl sites for hydroxylation is 2. The summed E-state index contributed by atoms with van der Waals surface area (Å²) in [4.78, 5) is 21.9. The summed E-state index contributed by atoms with van der Waals surface area (Å²) in [5.74, 6) is 0.542. The molecule has 3 aromatic heterocycles. The molecule has 5 rings (SSSR count). The Bertz CT molecular complexity index is 1480. The zero-order chi connectivity index (χ0) is 24.7. The zero-order valence-electron chi connectivity index (χ0n) is 19.2. The molecule has 5 N–H and O–H groups in total. The Morgan fingerprint density at radius 3 is 1.91 bits per heavy atom. The Labute approximate surface area is 203 Å². The lowest BCUT2D eigenvalue weighted by Crippen LogP contribution is -2.11. The number of hydrogen-bond acceptors (Lipinski definition) is 10. The number of aromatic nitrogens is 5. The van der Waals surface area contributed by atoms with E-state index in [1.165, 1.54) is 6.26 Å². The predicted molar refractivity (Wildman–Crippen MR) is 138 cm³/mol. The third-order valence-electron chi connectivity index (χ3n) is 5.27. The molecular formula is C24H22N8O2S. The van der Waals surface area contributed by atoms with Gasteiger partial charge in [0.1, 0.15) is 12.0 Å². The summed E-state index contributed by atoms with van der Waals surface area (Å²) in [5.41, 5.74) is 11.1. The highest BCUT2D eigenvalue weighted by atomic mass is 32.2. The molecule has 3 heterocycles. The van der Waals surface area contributed by atoms with Crippen molar-refractivity contribution in [3.63, 3.8) is 0 Å². The molecule has 35 heavy (non-hydrogen) atoms. The lowest BCUT2D eigenvalue weighted by molar-refractivity contribution is 0.480. The number of hydrogen-bond donors (Lipinski definition) is 4. The minimum atomic E-state index is -1.44. The van der Waals surface area contributed by atoms with E-state index in [1.807, 2.05) is 38.1 Å². The van der Waals surface area contributed by atoms with Crippen LogP contribution in [0.4, 0.5) is 29.0 Å². The van der Waals surface area contributed by atoms with Gasteiger partial charge in [0.2, 0.25) is 11.9 Å². The quantitative estimate of drug-likeness (QED) is 0.267. The highest BCUT2D eigenvalue weighted by Gasteiger charge is 2.16. The fourth-order valence-electron chi connectivity index (χ4n) is 3.74. The van der Waals surface area contributed by atoms with Gasteiger partial charge < -0.3 is 26.0 Å². The summed E-state index contributed by atoms with van der Waals surface area (Å²) in [6, 6.07) is 14.3. The number of nitrogens with two attached hydrogens (primary N) is 1. The largest absolute Gasteiger partial charge is 0.609 e. The Kier molecular flexibility index (Phi) is 5.71. The van der Waals surface area contributed by atoms with Gasteiger partial charge in [0.05, 0.1) is 11.0 Å². The van der Waals surface area contributed by atoms with E-state index in [0.29, 0.717) is 28.0 Å². The fourth-order valence-corrected chi connectivity index (χ4v) is 4.17. The van der Waals surface area contributed by atoms with Crippen molar-refractivity contribution in [1.82, 2.24) is 24.9 Å². The van der Waals surface area contributed by atoms with Crippen LogP contribution in [-0.4, -0.2) is 40.8 Å². The lowest BCUT2D eigenvalue weighted by Gasteiger charge is -2.12. The Hall–Kier alpha value is -4.22. The fraction of sp³-hybridized carbons (Fsp3) is 0.125. The summed E-state index contributed by atoms with van der Waals surface area (Å²) < 4.78 is 12.2. The number of rotatable bonds is 5. The molecule has 2 aromatic carbocycles. The highest BCUT2D eigenvalue weighted by molar-refractivity contribution is 7.90. The van der Waals surface area contributed by atoms with Crippen molar-refractivity contribution >= 4 is 61.9 Å². The van der Waals surface area contributed by atoms with E-state index in [0.717, 1.165) is 22.3 Å². The molecule has 0 fully saturated rings. The topological polar surface area (TPSA) is 158 Å². The summed E-state index contributed by atoms with van der Waals surface area (Å²) in [6.45, 7) is 3.71. The van der Waals surface area contributed by atoms with Crippen molar-refractivity contribution < 1.29 is 9.66 Å². The van der Waals surface area contributed by atoms with Crippen LogP contribution < -0.4 is 16.4 Å². The molecule has 0 aliphatic heterocycles. The van der Waals surface area contributed by atoms with Crippen LogP contribution in [0.1, 0.15) is 11.4 Å². The van der Waals surface area contributed by atoms with Crippen molar-refractivity contribution in [2.45, 2.75) is 19.0 Å². The van der Waals surface area contributed by atoms with Crippen LogP contribution in [0.3, 0.4) is 0 Å². The normalized spacial score (nSPS) is 12.1. The maximum Gasteiger partial charge on any atom is 0.349 e. The van der Waals surface area contributed by atoms with E-state index >= 15 is 0 Å². The number of fused-ring (bicyclic) bond motifs is 2. The smallest absolute Gasteiger partial charge is 0.349 e. The van der Waals surface area contributed by atoms with Crippen molar-refractivity contribution in [2.75, 3.05) is 22.6 Å². The predicted octanol–water partition coefficient (Wildman–Crippen LogP) is 4.10. The van der Waals surface area contributed by atoms with Crippen molar-refractivity contribution in [3.05, 3.63) is 59.9 Å². The van der Waals surface area contributed by atoms with Crippen molar-refractivity contribution in [2.24, 2.45) is 0 Å². The molecule has 0 bridgehead atoms. The van der Waals surface area contributed by atoms with Crippen LogP contribution >= 0.6 is 0 Å². The molecule has 11 heteroatoms. The van der Waals surface area contributed by atoms with E-state index < -0.39 is 11.2 Å². The SMILES string of the molecule is Cc1cc(N)c2cc(Nc3nc(Nc4ccc5nc(C)cc(O)c5c4)nc([S+](C)[O-])n3)ccc2n1. The number of benzene rings is 2. The maximum absolute atomic E-state index is 12.2. The van der Waals surface area contributed by atoms with Crippen LogP contribution in [-0.2, 0) is 11.2 Å². The monoisotopic (exact) mass is 486 g/mol. The number of aromatic hydroxyl groups is 1. The van der Waals surface area contributed by atoms with Crippen LogP contribution in [0.25, 0.3) is 21.8 Å². The van der Waals surface area contributed by atoms with Crippen LogP contribution in [0, 0.1) is 13.8 Å². The minimum absolute atomic E-state index is 0.114. The lowest BCUT2D eigenvalue weighted by atomic mass is 10.1. The van der Waals surface area contributed by atoms with Crippen LogP contribution in [0.2, 0.25) is 0 Å². The number of pyridine rings is 2. The van der Waals surface area contributed by atoms with Crippen molar-refractivity contribution in [1.29, 1.82) is 0 Å². The maximum atomic E-state index is 12.2. The molecule has 0 radical (unpaired) electrons. The average Bonchev–Trinajstić information content (AvgIpc) is 2.79. The molecule has 0 aliphatic rings. The first kappa shape index (κ1) is 22.6. The summed E-state index contributed by atoms with van der Waals surface area (Å²) in [7, 11) is 0. The Morgan fingerprint density at radius 1 is 0.771 bits per heavy atom. The molecule has 5 aromatic rings. The molecule has 0 spiro atoms. The summed E-state index contributed by atoms with van der Waals surface area (Å²) in [5, 5.41) is 18.0. The molecular weight excluding hydrogens is 464 g/mol. The van der Waals surface area contributed by atoms with Crippen LogP contribution in [0.5, 0.6) is 5.75 Å². The first-order valence-corrected chi connectivity index (χ1v) is 12.2. The van der Waals surface area contributed by atoms with Gasteiger partial charge in [-0.05, 0) is 56.3 Å². The zero-order valence-corrected chi connectivity index (χ0v) is 20.0.